The molecular formula is C21H20N2O4S. The van der Waals surface area contributed by atoms with Crippen molar-refractivity contribution in [1.29, 1.82) is 0 Å². The van der Waals surface area contributed by atoms with E-state index >= 15 is 0 Å². The second-order valence-electron chi connectivity index (χ2n) is 6.36. The molecule has 144 valence electrons. The summed E-state index contributed by atoms with van der Waals surface area (Å²) in [6.45, 7) is 0.926. The number of carboxylic acid groups (broad SMARTS) is 1. The average molecular weight is 396 g/mol. The zero-order valence-corrected chi connectivity index (χ0v) is 15.8. The molecule has 0 heterocycles. The molecule has 0 saturated carbocycles. The third-order valence-corrected chi connectivity index (χ3v) is 5.21. The lowest BCUT2D eigenvalue weighted by Gasteiger charge is -2.27. The Morgan fingerprint density at radius 1 is 0.857 bits per heavy atom. The fraction of sp³-hybridized carbons (Fsp3) is 0.0952. The first kappa shape index (κ1) is 19.6. The molecule has 7 heteroatoms. The molecule has 0 fully saturated rings. The van der Waals surface area contributed by atoms with Gasteiger partial charge in [-0.2, -0.15) is 0 Å². The predicted octanol–water partition coefficient (Wildman–Crippen LogP) is 3.24. The van der Waals surface area contributed by atoms with Gasteiger partial charge in [0, 0.05) is 13.1 Å². The normalized spacial score (nSPS) is 11.2. The van der Waals surface area contributed by atoms with Crippen molar-refractivity contribution < 1.29 is 18.3 Å². The Morgan fingerprint density at radius 2 is 1.36 bits per heavy atom. The first-order valence-corrected chi connectivity index (χ1v) is 10.1. The number of carbonyl (C=O) groups is 1. The van der Waals surface area contributed by atoms with E-state index in [1.165, 1.54) is 12.1 Å². The van der Waals surface area contributed by atoms with Crippen molar-refractivity contribution in [2.24, 2.45) is 5.14 Å². The lowest BCUT2D eigenvalue weighted by atomic mass is 10.1. The summed E-state index contributed by atoms with van der Waals surface area (Å²) in [6.07, 6.45) is 0. The molecule has 3 N–H and O–H groups in total. The number of nitrogens with zero attached hydrogens (tertiary/aromatic N) is 1. The largest absolute Gasteiger partial charge is 0.478 e. The molecule has 0 aliphatic carbocycles. The van der Waals surface area contributed by atoms with Gasteiger partial charge in [0.15, 0.2) is 0 Å². The lowest BCUT2D eigenvalue weighted by Crippen LogP contribution is -2.25. The molecular weight excluding hydrogens is 376 g/mol. The van der Waals surface area contributed by atoms with E-state index in [0.717, 1.165) is 17.2 Å². The van der Waals surface area contributed by atoms with E-state index in [9.17, 15) is 18.3 Å². The van der Waals surface area contributed by atoms with Crippen molar-refractivity contribution in [2.45, 2.75) is 18.0 Å². The number of benzene rings is 3. The fourth-order valence-corrected chi connectivity index (χ4v) is 3.51. The topological polar surface area (TPSA) is 101 Å². The van der Waals surface area contributed by atoms with Crippen LogP contribution < -0.4 is 10.0 Å². The Morgan fingerprint density at radius 3 is 1.79 bits per heavy atom. The van der Waals surface area contributed by atoms with Gasteiger partial charge < -0.3 is 10.0 Å². The van der Waals surface area contributed by atoms with Crippen LogP contribution in [0.3, 0.4) is 0 Å². The van der Waals surface area contributed by atoms with Crippen LogP contribution in [0.25, 0.3) is 0 Å². The summed E-state index contributed by atoms with van der Waals surface area (Å²) in [6, 6.07) is 23.2. The van der Waals surface area contributed by atoms with Crippen molar-refractivity contribution in [3.8, 4) is 0 Å². The van der Waals surface area contributed by atoms with E-state index in [1.54, 1.807) is 0 Å². The first-order valence-electron chi connectivity index (χ1n) is 8.57. The molecule has 0 saturated heterocycles. The number of hydrogen-bond donors (Lipinski definition) is 2. The number of carboxylic acids is 1. The number of sulfonamides is 1. The van der Waals surface area contributed by atoms with E-state index in [-0.39, 0.29) is 10.5 Å². The van der Waals surface area contributed by atoms with Gasteiger partial charge in [-0.1, -0.05) is 60.7 Å². The minimum absolute atomic E-state index is 0.113. The van der Waals surface area contributed by atoms with E-state index in [4.69, 9.17) is 5.14 Å². The van der Waals surface area contributed by atoms with Crippen molar-refractivity contribution in [3.05, 3.63) is 95.6 Å². The van der Waals surface area contributed by atoms with Crippen LogP contribution in [0.15, 0.2) is 83.8 Å². The lowest BCUT2D eigenvalue weighted by molar-refractivity contribution is 0.0697. The number of nitrogens with two attached hydrogens (primary N) is 1. The maximum Gasteiger partial charge on any atom is 0.337 e. The number of aromatic carboxylic acids is 1. The summed E-state index contributed by atoms with van der Waals surface area (Å²) in [4.78, 5) is 13.5. The van der Waals surface area contributed by atoms with Crippen molar-refractivity contribution in [3.63, 3.8) is 0 Å². The monoisotopic (exact) mass is 396 g/mol. The molecule has 0 bridgehead atoms. The van der Waals surface area contributed by atoms with Crippen molar-refractivity contribution in [2.75, 3.05) is 4.90 Å². The highest BCUT2D eigenvalue weighted by molar-refractivity contribution is 7.89. The highest BCUT2D eigenvalue weighted by Crippen LogP contribution is 2.27. The predicted molar refractivity (Wildman–Crippen MR) is 108 cm³/mol. The average Bonchev–Trinajstić information content (AvgIpc) is 2.68. The van der Waals surface area contributed by atoms with Crippen LogP contribution in [0.1, 0.15) is 21.5 Å². The zero-order valence-electron chi connectivity index (χ0n) is 15.0. The number of anilines is 1. The molecule has 0 amide bonds. The molecule has 0 spiro atoms. The van der Waals surface area contributed by atoms with E-state index in [1.807, 2.05) is 65.6 Å². The van der Waals surface area contributed by atoms with Crippen LogP contribution in [0.4, 0.5) is 5.69 Å². The Kier molecular flexibility index (Phi) is 5.77. The fourth-order valence-electron chi connectivity index (χ4n) is 2.97. The summed E-state index contributed by atoms with van der Waals surface area (Å²) in [5, 5.41) is 14.8. The first-order chi connectivity index (χ1) is 13.3. The smallest absolute Gasteiger partial charge is 0.337 e. The second-order valence-corrected chi connectivity index (χ2v) is 7.92. The number of hydrogen-bond acceptors (Lipinski definition) is 4. The SMILES string of the molecule is NS(=O)(=O)c1ccc(N(Cc2ccccc2)Cc2ccccc2)c(C(=O)O)c1. The summed E-state index contributed by atoms with van der Waals surface area (Å²) < 4.78 is 23.3. The highest BCUT2D eigenvalue weighted by atomic mass is 32.2. The second kappa shape index (κ2) is 8.24. The van der Waals surface area contributed by atoms with Crippen LogP contribution in [0.2, 0.25) is 0 Å². The molecule has 0 unspecified atom stereocenters. The minimum Gasteiger partial charge on any atom is -0.478 e. The number of primary sulfonamides is 1. The minimum atomic E-state index is -4.00. The molecule has 0 aliphatic heterocycles. The van der Waals surface area contributed by atoms with Crippen LogP contribution in [0.5, 0.6) is 0 Å². The Labute approximate surface area is 163 Å². The van der Waals surface area contributed by atoms with E-state index in [0.29, 0.717) is 18.8 Å². The summed E-state index contributed by atoms with van der Waals surface area (Å²) in [5.41, 5.74) is 2.32. The maximum absolute atomic E-state index is 11.8. The maximum atomic E-state index is 11.8. The highest BCUT2D eigenvalue weighted by Gasteiger charge is 2.20. The van der Waals surface area contributed by atoms with Gasteiger partial charge in [0.05, 0.1) is 16.1 Å². The molecule has 0 aliphatic rings. The third-order valence-electron chi connectivity index (χ3n) is 4.30. The molecule has 3 aromatic carbocycles. The molecule has 0 atom stereocenters. The van der Waals surface area contributed by atoms with E-state index in [2.05, 4.69) is 0 Å². The third kappa shape index (κ3) is 4.76. The van der Waals surface area contributed by atoms with Gasteiger partial charge in [-0.05, 0) is 29.3 Å². The summed E-state index contributed by atoms with van der Waals surface area (Å²) in [5.74, 6) is -1.22. The van der Waals surface area contributed by atoms with Crippen LogP contribution >= 0.6 is 0 Å². The molecule has 3 rings (SSSR count). The number of rotatable bonds is 7. The summed E-state index contributed by atoms with van der Waals surface area (Å²) >= 11 is 0. The van der Waals surface area contributed by atoms with Crippen LogP contribution in [-0.2, 0) is 23.1 Å². The van der Waals surface area contributed by atoms with Gasteiger partial charge in [-0.25, -0.2) is 18.4 Å². The van der Waals surface area contributed by atoms with Crippen LogP contribution in [-0.4, -0.2) is 19.5 Å². The van der Waals surface area contributed by atoms with Gasteiger partial charge >= 0.3 is 5.97 Å². The molecule has 28 heavy (non-hydrogen) atoms. The summed E-state index contributed by atoms with van der Waals surface area (Å²) in [7, 11) is -4.00. The Balaban J connectivity index is 2.07. The molecule has 3 aromatic rings. The van der Waals surface area contributed by atoms with Crippen LogP contribution in [0, 0.1) is 0 Å². The molecule has 0 radical (unpaired) electrons. The van der Waals surface area contributed by atoms with Gasteiger partial charge in [0.25, 0.3) is 0 Å². The Hall–Kier alpha value is -3.16. The standard InChI is InChI=1S/C21H20N2O4S/c22-28(26,27)18-11-12-20(19(13-18)21(24)25)23(14-16-7-3-1-4-8-16)15-17-9-5-2-6-10-17/h1-13H,14-15H2,(H,24,25)(H2,22,26,27). The van der Waals surface area contributed by atoms with Crippen molar-refractivity contribution >= 4 is 21.7 Å². The quantitative estimate of drug-likeness (QED) is 0.638. The van der Waals surface area contributed by atoms with E-state index < -0.39 is 16.0 Å². The van der Waals surface area contributed by atoms with Crippen molar-refractivity contribution in [1.82, 2.24) is 0 Å². The van der Waals surface area contributed by atoms with Gasteiger partial charge in [-0.3, -0.25) is 0 Å². The Bertz CT molecular complexity index is 1030. The van der Waals surface area contributed by atoms with Gasteiger partial charge in [0.2, 0.25) is 10.0 Å². The van der Waals surface area contributed by atoms with Gasteiger partial charge in [-0.15, -0.1) is 0 Å². The molecule has 6 nitrogen and oxygen atoms in total. The molecule has 0 aromatic heterocycles. The van der Waals surface area contributed by atoms with Gasteiger partial charge in [0.1, 0.15) is 0 Å². The zero-order chi connectivity index (χ0) is 20.1.